The van der Waals surface area contributed by atoms with Crippen LogP contribution in [0.5, 0.6) is 0 Å². The van der Waals surface area contributed by atoms with E-state index in [1.165, 1.54) is 12.1 Å². The number of rotatable bonds is 3. The maximum absolute atomic E-state index is 13.2. The van der Waals surface area contributed by atoms with Crippen LogP contribution in [-0.2, 0) is 4.79 Å². The Hall–Kier alpha value is -2.11. The quantitative estimate of drug-likeness (QED) is 0.900. The first-order valence-electron chi connectivity index (χ1n) is 6.99. The molecule has 1 saturated heterocycles. The van der Waals surface area contributed by atoms with E-state index >= 15 is 0 Å². The summed E-state index contributed by atoms with van der Waals surface area (Å²) in [5.41, 5.74) is 1.04. The molecule has 114 valence electrons. The van der Waals surface area contributed by atoms with Gasteiger partial charge in [0.25, 0.3) is 0 Å². The fourth-order valence-electron chi connectivity index (χ4n) is 2.51. The Balaban J connectivity index is 1.87. The molecule has 2 amide bonds. The number of nitrogens with one attached hydrogen (secondary N) is 1. The lowest BCUT2D eigenvalue weighted by molar-refractivity contribution is -0.138. The summed E-state index contributed by atoms with van der Waals surface area (Å²) in [5, 5.41) is 11.5. The molecule has 0 saturated carbocycles. The largest absolute Gasteiger partial charge is 0.481 e. The Bertz CT molecular complexity index is 540. The minimum Gasteiger partial charge on any atom is -0.481 e. The molecule has 5 nitrogen and oxygen atoms in total. The highest BCUT2D eigenvalue weighted by molar-refractivity contribution is 5.89. The molecule has 1 fully saturated rings. The molecule has 1 aliphatic heterocycles. The molecule has 6 heteroatoms. The van der Waals surface area contributed by atoms with Gasteiger partial charge < -0.3 is 15.3 Å². The Morgan fingerprint density at radius 1 is 1.38 bits per heavy atom. The summed E-state index contributed by atoms with van der Waals surface area (Å²) < 4.78 is 13.2. The lowest BCUT2D eigenvalue weighted by Gasteiger charge is -2.31. The lowest BCUT2D eigenvalue weighted by Crippen LogP contribution is -2.41. The van der Waals surface area contributed by atoms with E-state index in [4.69, 9.17) is 5.11 Å². The number of piperidine rings is 1. The standard InChI is InChI=1S/C15H19FN2O3/c1-10-8-12(2-3-13(10)16)17-15(21)18-6-4-11(5-7-18)9-14(19)20/h2-3,8,11H,4-7,9H2,1H3,(H,17,21)(H,19,20). The van der Waals surface area contributed by atoms with Gasteiger partial charge >= 0.3 is 12.0 Å². The molecule has 0 bridgehead atoms. The number of likely N-dealkylation sites (tertiary alicyclic amines) is 1. The van der Waals surface area contributed by atoms with Gasteiger partial charge in [0.15, 0.2) is 0 Å². The van der Waals surface area contributed by atoms with Gasteiger partial charge in [-0.05, 0) is 49.4 Å². The number of anilines is 1. The number of carboxylic acid groups (broad SMARTS) is 1. The molecule has 1 aliphatic rings. The molecule has 1 aromatic rings. The SMILES string of the molecule is Cc1cc(NC(=O)N2CCC(CC(=O)O)CC2)ccc1F. The average molecular weight is 294 g/mol. The third-order valence-corrected chi connectivity index (χ3v) is 3.77. The van der Waals surface area contributed by atoms with E-state index in [0.717, 1.165) is 0 Å². The minimum atomic E-state index is -0.792. The van der Waals surface area contributed by atoms with Crippen molar-refractivity contribution in [3.63, 3.8) is 0 Å². The molecule has 2 N–H and O–H groups in total. The Kier molecular flexibility index (Phi) is 4.77. The van der Waals surface area contributed by atoms with E-state index in [9.17, 15) is 14.0 Å². The Morgan fingerprint density at radius 2 is 2.05 bits per heavy atom. The van der Waals surface area contributed by atoms with Crippen LogP contribution in [-0.4, -0.2) is 35.1 Å². The molecule has 0 atom stereocenters. The predicted octanol–water partition coefficient (Wildman–Crippen LogP) is 2.85. The first kappa shape index (κ1) is 15.3. The van der Waals surface area contributed by atoms with E-state index < -0.39 is 5.97 Å². The second-order valence-electron chi connectivity index (χ2n) is 5.42. The number of aryl methyl sites for hydroxylation is 1. The van der Waals surface area contributed by atoms with Crippen molar-refractivity contribution in [1.82, 2.24) is 4.90 Å². The fraction of sp³-hybridized carbons (Fsp3) is 0.467. The molecule has 21 heavy (non-hydrogen) atoms. The molecule has 1 aromatic carbocycles. The number of nitrogens with zero attached hydrogens (tertiary/aromatic N) is 1. The molecule has 0 spiro atoms. The number of urea groups is 1. The van der Waals surface area contributed by atoms with Crippen LogP contribution in [0.2, 0.25) is 0 Å². The summed E-state index contributed by atoms with van der Waals surface area (Å²) in [6, 6.07) is 4.21. The number of amides is 2. The van der Waals surface area contributed by atoms with Crippen LogP contribution in [0.4, 0.5) is 14.9 Å². The van der Waals surface area contributed by atoms with Crippen LogP contribution in [0.3, 0.4) is 0 Å². The molecular weight excluding hydrogens is 275 g/mol. The highest BCUT2D eigenvalue weighted by atomic mass is 19.1. The predicted molar refractivity (Wildman–Crippen MR) is 76.7 cm³/mol. The van der Waals surface area contributed by atoms with Crippen LogP contribution in [0, 0.1) is 18.7 Å². The fourth-order valence-corrected chi connectivity index (χ4v) is 2.51. The smallest absolute Gasteiger partial charge is 0.321 e. The zero-order valence-corrected chi connectivity index (χ0v) is 11.9. The topological polar surface area (TPSA) is 69.6 Å². The highest BCUT2D eigenvalue weighted by Crippen LogP contribution is 2.21. The number of carbonyl (C=O) groups is 2. The van der Waals surface area contributed by atoms with Crippen molar-refractivity contribution in [2.24, 2.45) is 5.92 Å². The van der Waals surface area contributed by atoms with Gasteiger partial charge in [-0.2, -0.15) is 0 Å². The summed E-state index contributed by atoms with van der Waals surface area (Å²) in [6.07, 6.45) is 1.55. The van der Waals surface area contributed by atoms with E-state index in [1.54, 1.807) is 17.9 Å². The first-order valence-corrected chi connectivity index (χ1v) is 6.99. The van der Waals surface area contributed by atoms with Crippen LogP contribution in [0.15, 0.2) is 18.2 Å². The molecular formula is C15H19FN2O3. The third-order valence-electron chi connectivity index (χ3n) is 3.77. The Morgan fingerprint density at radius 3 is 2.62 bits per heavy atom. The molecule has 0 radical (unpaired) electrons. The summed E-state index contributed by atoms with van der Waals surface area (Å²) >= 11 is 0. The molecule has 1 heterocycles. The number of halogens is 1. The number of carboxylic acids is 1. The zero-order valence-electron chi connectivity index (χ0n) is 11.9. The van der Waals surface area contributed by atoms with Crippen molar-refractivity contribution < 1.29 is 19.1 Å². The summed E-state index contributed by atoms with van der Waals surface area (Å²) in [7, 11) is 0. The van der Waals surface area contributed by atoms with Gasteiger partial charge in [-0.3, -0.25) is 4.79 Å². The number of benzene rings is 1. The van der Waals surface area contributed by atoms with Crippen molar-refractivity contribution in [2.45, 2.75) is 26.2 Å². The second-order valence-corrected chi connectivity index (χ2v) is 5.42. The van der Waals surface area contributed by atoms with E-state index in [-0.39, 0.29) is 24.2 Å². The summed E-state index contributed by atoms with van der Waals surface area (Å²) in [4.78, 5) is 24.4. The van der Waals surface area contributed by atoms with Crippen LogP contribution in [0.25, 0.3) is 0 Å². The van der Waals surface area contributed by atoms with E-state index in [2.05, 4.69) is 5.32 Å². The highest BCUT2D eigenvalue weighted by Gasteiger charge is 2.24. The summed E-state index contributed by atoms with van der Waals surface area (Å²) in [6.45, 7) is 2.73. The van der Waals surface area contributed by atoms with Crippen molar-refractivity contribution in [2.75, 3.05) is 18.4 Å². The normalized spacial score (nSPS) is 15.8. The van der Waals surface area contributed by atoms with Crippen LogP contribution in [0.1, 0.15) is 24.8 Å². The van der Waals surface area contributed by atoms with Crippen molar-refractivity contribution in [3.8, 4) is 0 Å². The maximum Gasteiger partial charge on any atom is 0.321 e. The first-order chi connectivity index (χ1) is 9.95. The van der Waals surface area contributed by atoms with E-state index in [0.29, 0.717) is 37.2 Å². The monoisotopic (exact) mass is 294 g/mol. The van der Waals surface area contributed by atoms with Gasteiger partial charge in [0.2, 0.25) is 0 Å². The van der Waals surface area contributed by atoms with E-state index in [1.807, 2.05) is 0 Å². The molecule has 0 aromatic heterocycles. The lowest BCUT2D eigenvalue weighted by atomic mass is 9.94. The molecule has 2 rings (SSSR count). The van der Waals surface area contributed by atoms with Crippen molar-refractivity contribution >= 4 is 17.7 Å². The van der Waals surface area contributed by atoms with Crippen LogP contribution >= 0.6 is 0 Å². The number of aliphatic carboxylic acids is 1. The van der Waals surface area contributed by atoms with Gasteiger partial charge in [0.05, 0.1) is 0 Å². The van der Waals surface area contributed by atoms with Gasteiger partial charge in [0, 0.05) is 25.2 Å². The van der Waals surface area contributed by atoms with Crippen molar-refractivity contribution in [1.29, 1.82) is 0 Å². The van der Waals surface area contributed by atoms with Crippen LogP contribution < -0.4 is 5.32 Å². The number of hydrogen-bond acceptors (Lipinski definition) is 2. The second kappa shape index (κ2) is 6.56. The van der Waals surface area contributed by atoms with Gasteiger partial charge in [-0.25, -0.2) is 9.18 Å². The minimum absolute atomic E-state index is 0.139. The van der Waals surface area contributed by atoms with Crippen molar-refractivity contribution in [3.05, 3.63) is 29.6 Å². The Labute approximate surface area is 122 Å². The summed E-state index contributed by atoms with van der Waals surface area (Å²) in [5.74, 6) is -0.957. The van der Waals surface area contributed by atoms with Gasteiger partial charge in [-0.15, -0.1) is 0 Å². The third kappa shape index (κ3) is 4.18. The zero-order chi connectivity index (χ0) is 15.4. The molecule has 0 unspecified atom stereocenters. The van der Waals surface area contributed by atoms with Gasteiger partial charge in [0.1, 0.15) is 5.82 Å². The van der Waals surface area contributed by atoms with Gasteiger partial charge in [-0.1, -0.05) is 0 Å². The average Bonchev–Trinajstić information content (AvgIpc) is 2.43. The number of carbonyl (C=O) groups excluding carboxylic acids is 1. The molecule has 0 aliphatic carbocycles. The maximum atomic E-state index is 13.2. The number of hydrogen-bond donors (Lipinski definition) is 2.